The van der Waals surface area contributed by atoms with Gasteiger partial charge in [0.15, 0.2) is 0 Å². The van der Waals surface area contributed by atoms with Crippen molar-refractivity contribution in [2.75, 3.05) is 18.9 Å². The van der Waals surface area contributed by atoms with Gasteiger partial charge in [0.25, 0.3) is 0 Å². The summed E-state index contributed by atoms with van der Waals surface area (Å²) in [5, 5.41) is 9.00. The number of hydrogen-bond donors (Lipinski definition) is 2. The summed E-state index contributed by atoms with van der Waals surface area (Å²) in [4.78, 5) is 0.171. The van der Waals surface area contributed by atoms with Crippen LogP contribution in [0.3, 0.4) is 0 Å². The maximum absolute atomic E-state index is 12.5. The molecular formula is C13H22N2O3S. The Balaban J connectivity index is 3.22. The molecule has 1 rings (SSSR count). The summed E-state index contributed by atoms with van der Waals surface area (Å²) in [6, 6.07) is 4.57. The minimum atomic E-state index is -3.62. The lowest BCUT2D eigenvalue weighted by Gasteiger charge is -2.25. The van der Waals surface area contributed by atoms with Gasteiger partial charge in [-0.05, 0) is 38.0 Å². The second-order valence-corrected chi connectivity index (χ2v) is 6.54. The molecule has 0 unspecified atom stereocenters. The van der Waals surface area contributed by atoms with Crippen molar-refractivity contribution in [2.24, 2.45) is 0 Å². The van der Waals surface area contributed by atoms with E-state index in [2.05, 4.69) is 0 Å². The van der Waals surface area contributed by atoms with Crippen LogP contribution in [0.15, 0.2) is 23.1 Å². The van der Waals surface area contributed by atoms with Crippen LogP contribution in [0.2, 0.25) is 0 Å². The summed E-state index contributed by atoms with van der Waals surface area (Å²) in [7, 11) is -3.62. The third-order valence-corrected chi connectivity index (χ3v) is 5.07. The number of nitrogens with zero attached hydrogens (tertiary/aromatic N) is 1. The number of anilines is 1. The van der Waals surface area contributed by atoms with Crippen LogP contribution in [-0.4, -0.2) is 37.0 Å². The zero-order chi connectivity index (χ0) is 14.6. The van der Waals surface area contributed by atoms with Crippen molar-refractivity contribution in [2.45, 2.75) is 38.1 Å². The Morgan fingerprint density at radius 2 is 2.00 bits per heavy atom. The van der Waals surface area contributed by atoms with Crippen LogP contribution >= 0.6 is 0 Å². The summed E-state index contributed by atoms with van der Waals surface area (Å²) in [6.45, 7) is 5.38. The zero-order valence-corrected chi connectivity index (χ0v) is 12.4. The molecule has 0 fully saturated rings. The summed E-state index contributed by atoms with van der Waals surface area (Å²) >= 11 is 0. The van der Waals surface area contributed by atoms with E-state index in [1.807, 2.05) is 6.92 Å². The van der Waals surface area contributed by atoms with Crippen LogP contribution in [0.5, 0.6) is 0 Å². The van der Waals surface area contributed by atoms with E-state index < -0.39 is 10.0 Å². The Morgan fingerprint density at radius 1 is 1.37 bits per heavy atom. The number of aliphatic hydroxyl groups is 1. The molecule has 0 spiro atoms. The fourth-order valence-corrected chi connectivity index (χ4v) is 3.61. The number of nitrogen functional groups attached to an aromatic ring is 1. The maximum Gasteiger partial charge on any atom is 0.243 e. The third-order valence-electron chi connectivity index (χ3n) is 3.00. The number of hydrogen-bond acceptors (Lipinski definition) is 4. The summed E-state index contributed by atoms with van der Waals surface area (Å²) in [6.07, 6.45) is 0.761. The second kappa shape index (κ2) is 6.36. The molecule has 1 aromatic rings. The molecule has 0 aliphatic rings. The van der Waals surface area contributed by atoms with Gasteiger partial charge in [-0.15, -0.1) is 0 Å². The van der Waals surface area contributed by atoms with Crippen molar-refractivity contribution in [3.8, 4) is 0 Å². The maximum atomic E-state index is 12.5. The van der Waals surface area contributed by atoms with Gasteiger partial charge >= 0.3 is 0 Å². The van der Waals surface area contributed by atoms with Gasteiger partial charge in [0.1, 0.15) is 0 Å². The van der Waals surface area contributed by atoms with E-state index in [1.165, 1.54) is 10.4 Å². The standard InChI is InChI=1S/C13H22N2O3S/c1-4-11-5-6-12(9-13(11)14)19(17,18)15(7-8-16)10(2)3/h5-6,9-10,16H,4,7-8,14H2,1-3H3. The molecule has 0 aromatic heterocycles. The number of sulfonamides is 1. The van der Waals surface area contributed by atoms with E-state index in [0.717, 1.165) is 12.0 Å². The first kappa shape index (κ1) is 15.9. The number of rotatable bonds is 6. The van der Waals surface area contributed by atoms with E-state index in [9.17, 15) is 8.42 Å². The van der Waals surface area contributed by atoms with Gasteiger partial charge in [-0.1, -0.05) is 13.0 Å². The Morgan fingerprint density at radius 3 is 2.42 bits per heavy atom. The Bertz CT molecular complexity index is 527. The molecule has 1 aromatic carbocycles. The topological polar surface area (TPSA) is 83.6 Å². The lowest BCUT2D eigenvalue weighted by Crippen LogP contribution is -2.38. The second-order valence-electron chi connectivity index (χ2n) is 4.65. The smallest absolute Gasteiger partial charge is 0.243 e. The van der Waals surface area contributed by atoms with Crippen LogP contribution in [0, 0.1) is 0 Å². The molecule has 0 aliphatic heterocycles. The predicted octanol–water partition coefficient (Wildman–Crippen LogP) is 1.22. The molecule has 3 N–H and O–H groups in total. The van der Waals surface area contributed by atoms with Crippen LogP contribution < -0.4 is 5.73 Å². The van der Waals surface area contributed by atoms with Crippen molar-refractivity contribution in [1.29, 1.82) is 0 Å². The average molecular weight is 286 g/mol. The normalized spacial score (nSPS) is 12.3. The van der Waals surface area contributed by atoms with Crippen molar-refractivity contribution in [3.63, 3.8) is 0 Å². The molecule has 0 bridgehead atoms. The molecule has 0 atom stereocenters. The van der Waals surface area contributed by atoms with Crippen LogP contribution in [0.4, 0.5) is 5.69 Å². The summed E-state index contributed by atoms with van der Waals surface area (Å²) in [5.74, 6) is 0. The minimum Gasteiger partial charge on any atom is -0.398 e. The summed E-state index contributed by atoms with van der Waals surface area (Å²) < 4.78 is 26.2. The monoisotopic (exact) mass is 286 g/mol. The molecule has 5 nitrogen and oxygen atoms in total. The van der Waals surface area contributed by atoms with Gasteiger partial charge < -0.3 is 10.8 Å². The molecule has 6 heteroatoms. The van der Waals surface area contributed by atoms with Crippen LogP contribution in [0.1, 0.15) is 26.3 Å². The van der Waals surface area contributed by atoms with E-state index in [1.54, 1.807) is 26.0 Å². The number of aliphatic hydroxyl groups excluding tert-OH is 1. The van der Waals surface area contributed by atoms with E-state index in [0.29, 0.717) is 5.69 Å². The van der Waals surface area contributed by atoms with Gasteiger partial charge in [0, 0.05) is 18.3 Å². The Labute approximate surface area is 115 Å². The largest absolute Gasteiger partial charge is 0.398 e. The first-order valence-electron chi connectivity index (χ1n) is 6.35. The molecule has 0 radical (unpaired) electrons. The average Bonchev–Trinajstić information content (AvgIpc) is 2.35. The van der Waals surface area contributed by atoms with Gasteiger partial charge in [-0.2, -0.15) is 4.31 Å². The highest BCUT2D eigenvalue weighted by atomic mass is 32.2. The summed E-state index contributed by atoms with van der Waals surface area (Å²) in [5.41, 5.74) is 7.26. The molecule has 0 heterocycles. The van der Waals surface area contributed by atoms with Crippen molar-refractivity contribution >= 4 is 15.7 Å². The van der Waals surface area contributed by atoms with E-state index >= 15 is 0 Å². The van der Waals surface area contributed by atoms with Crippen molar-refractivity contribution in [1.82, 2.24) is 4.31 Å². The lowest BCUT2D eigenvalue weighted by molar-refractivity contribution is 0.236. The quantitative estimate of drug-likeness (QED) is 0.770. The highest BCUT2D eigenvalue weighted by Crippen LogP contribution is 2.22. The highest BCUT2D eigenvalue weighted by Gasteiger charge is 2.26. The van der Waals surface area contributed by atoms with E-state index in [-0.39, 0.29) is 24.1 Å². The Hall–Kier alpha value is -1.11. The van der Waals surface area contributed by atoms with Gasteiger partial charge in [-0.25, -0.2) is 8.42 Å². The van der Waals surface area contributed by atoms with Gasteiger partial charge in [0.2, 0.25) is 10.0 Å². The van der Waals surface area contributed by atoms with Crippen molar-refractivity contribution in [3.05, 3.63) is 23.8 Å². The SMILES string of the molecule is CCc1ccc(S(=O)(=O)N(CCO)C(C)C)cc1N. The molecule has 0 aliphatic carbocycles. The molecule has 108 valence electrons. The predicted molar refractivity (Wildman–Crippen MR) is 76.3 cm³/mol. The third kappa shape index (κ3) is 3.46. The van der Waals surface area contributed by atoms with Crippen LogP contribution in [-0.2, 0) is 16.4 Å². The van der Waals surface area contributed by atoms with Gasteiger partial charge in [0.05, 0.1) is 11.5 Å². The molecule has 19 heavy (non-hydrogen) atoms. The first-order chi connectivity index (χ1) is 8.84. The number of nitrogens with two attached hydrogens (primary N) is 1. The zero-order valence-electron chi connectivity index (χ0n) is 11.6. The molecule has 0 saturated carbocycles. The first-order valence-corrected chi connectivity index (χ1v) is 7.79. The lowest BCUT2D eigenvalue weighted by atomic mass is 10.1. The fraction of sp³-hybridized carbons (Fsp3) is 0.538. The fourth-order valence-electron chi connectivity index (χ4n) is 1.95. The Kier molecular flexibility index (Phi) is 5.34. The molecule has 0 amide bonds. The number of benzene rings is 1. The van der Waals surface area contributed by atoms with Crippen LogP contribution in [0.25, 0.3) is 0 Å². The highest BCUT2D eigenvalue weighted by molar-refractivity contribution is 7.89. The van der Waals surface area contributed by atoms with E-state index in [4.69, 9.17) is 10.8 Å². The van der Waals surface area contributed by atoms with Crippen molar-refractivity contribution < 1.29 is 13.5 Å². The van der Waals surface area contributed by atoms with Gasteiger partial charge in [-0.3, -0.25) is 0 Å². The molecular weight excluding hydrogens is 264 g/mol. The number of aryl methyl sites for hydroxylation is 1. The minimum absolute atomic E-state index is 0.0788. The molecule has 0 saturated heterocycles.